The van der Waals surface area contributed by atoms with Crippen molar-refractivity contribution in [3.8, 4) is 11.1 Å². The summed E-state index contributed by atoms with van der Waals surface area (Å²) in [5, 5.41) is 3.83. The molecule has 0 bridgehead atoms. The van der Waals surface area contributed by atoms with Crippen LogP contribution in [0, 0.1) is 0 Å². The Labute approximate surface area is 285 Å². The van der Waals surface area contributed by atoms with Gasteiger partial charge in [0.05, 0.1) is 12.6 Å². The number of hydrogen-bond acceptors (Lipinski definition) is 7. The minimum Gasteiger partial charge on any atom is -0.444 e. The standard InChI is InChI=1S/C35H44F3N3O5SSi/c1-33(2,3)45-32(43)41(19-20-44-48(7,8)34(4,5)6)27-18-17-23-24(27)15-12-16-25(23)30(39)40-46-31(42)28-21-26(22-13-10-9-11-14-22)29(47-28)35(36,37)38/h9-16,21,27H,17-20H2,1-8H3,(H2,39,40)/t27-/m1/s1. The lowest BCUT2D eigenvalue weighted by molar-refractivity contribution is -0.133. The summed E-state index contributed by atoms with van der Waals surface area (Å²) in [6.45, 7) is 16.9. The number of nitrogens with two attached hydrogens (primary N) is 1. The van der Waals surface area contributed by atoms with Crippen molar-refractivity contribution < 1.29 is 36.8 Å². The molecule has 0 aliphatic heterocycles. The third-order valence-corrected chi connectivity index (χ3v) is 14.3. The number of benzene rings is 2. The average molecular weight is 704 g/mol. The highest BCUT2D eigenvalue weighted by Gasteiger charge is 2.40. The summed E-state index contributed by atoms with van der Waals surface area (Å²) in [6.07, 6.45) is -3.97. The Morgan fingerprint density at radius 2 is 1.69 bits per heavy atom. The van der Waals surface area contributed by atoms with Gasteiger partial charge in [-0.1, -0.05) is 74.5 Å². The van der Waals surface area contributed by atoms with Gasteiger partial charge in [-0.2, -0.15) is 13.2 Å². The molecule has 13 heteroatoms. The second kappa shape index (κ2) is 14.0. The normalized spacial score (nSPS) is 15.6. The maximum absolute atomic E-state index is 13.8. The molecular weight excluding hydrogens is 660 g/mol. The van der Waals surface area contributed by atoms with Crippen LogP contribution in [0.3, 0.4) is 0 Å². The van der Waals surface area contributed by atoms with Crippen molar-refractivity contribution >= 4 is 37.6 Å². The van der Waals surface area contributed by atoms with E-state index in [0.29, 0.717) is 37.1 Å². The Hall–Kier alpha value is -3.68. The van der Waals surface area contributed by atoms with Crippen molar-refractivity contribution in [3.05, 3.63) is 81.0 Å². The van der Waals surface area contributed by atoms with Crippen molar-refractivity contribution in [3.63, 3.8) is 0 Å². The smallest absolute Gasteiger partial charge is 0.426 e. The number of rotatable bonds is 9. The lowest BCUT2D eigenvalue weighted by atomic mass is 10.0. The molecule has 0 spiro atoms. The number of carbonyl (C=O) groups is 2. The summed E-state index contributed by atoms with van der Waals surface area (Å²) in [4.78, 5) is 32.0. The molecule has 1 amide bonds. The van der Waals surface area contributed by atoms with Gasteiger partial charge in [0, 0.05) is 17.7 Å². The van der Waals surface area contributed by atoms with Crippen LogP contribution < -0.4 is 5.73 Å². The molecule has 2 N–H and O–H groups in total. The van der Waals surface area contributed by atoms with Crippen molar-refractivity contribution in [2.24, 2.45) is 10.9 Å². The number of ether oxygens (including phenoxy) is 1. The third-order valence-electron chi connectivity index (χ3n) is 8.62. The van der Waals surface area contributed by atoms with E-state index in [-0.39, 0.29) is 38.7 Å². The van der Waals surface area contributed by atoms with Crippen LogP contribution in [0.1, 0.15) is 85.2 Å². The minimum absolute atomic E-state index is 0.00717. The van der Waals surface area contributed by atoms with E-state index < -0.39 is 37.0 Å². The second-order valence-corrected chi connectivity index (χ2v) is 20.1. The zero-order chi connectivity index (χ0) is 35.7. The molecule has 260 valence electrons. The van der Waals surface area contributed by atoms with Crippen LogP contribution in [-0.4, -0.2) is 49.9 Å². The lowest BCUT2D eigenvalue weighted by Crippen LogP contribution is -2.45. The van der Waals surface area contributed by atoms with Gasteiger partial charge in [-0.3, -0.25) is 4.90 Å². The molecule has 0 radical (unpaired) electrons. The third kappa shape index (κ3) is 8.66. The molecule has 2 aromatic carbocycles. The minimum atomic E-state index is -4.66. The second-order valence-electron chi connectivity index (χ2n) is 14.3. The van der Waals surface area contributed by atoms with E-state index in [9.17, 15) is 22.8 Å². The molecule has 1 aliphatic rings. The summed E-state index contributed by atoms with van der Waals surface area (Å²) in [5.74, 6) is -1.17. The number of oxime groups is 1. The van der Waals surface area contributed by atoms with E-state index >= 15 is 0 Å². The molecule has 48 heavy (non-hydrogen) atoms. The number of alkyl halides is 3. The highest BCUT2D eigenvalue weighted by Crippen LogP contribution is 2.43. The van der Waals surface area contributed by atoms with Crippen LogP contribution in [0.5, 0.6) is 0 Å². The van der Waals surface area contributed by atoms with Gasteiger partial charge in [0.2, 0.25) is 0 Å². The summed E-state index contributed by atoms with van der Waals surface area (Å²) in [7, 11) is -2.07. The maximum Gasteiger partial charge on any atom is 0.426 e. The van der Waals surface area contributed by atoms with Gasteiger partial charge in [0.25, 0.3) is 0 Å². The topological polar surface area (TPSA) is 103 Å². The molecule has 1 aliphatic carbocycles. The first-order valence-electron chi connectivity index (χ1n) is 15.8. The highest BCUT2D eigenvalue weighted by atomic mass is 32.1. The van der Waals surface area contributed by atoms with E-state index in [2.05, 4.69) is 39.0 Å². The van der Waals surface area contributed by atoms with Crippen LogP contribution in [0.15, 0.2) is 59.8 Å². The fourth-order valence-electron chi connectivity index (χ4n) is 5.23. The van der Waals surface area contributed by atoms with Gasteiger partial charge in [-0.25, -0.2) is 9.59 Å². The summed E-state index contributed by atoms with van der Waals surface area (Å²) >= 11 is 0.289. The Morgan fingerprint density at radius 3 is 2.29 bits per heavy atom. The van der Waals surface area contributed by atoms with Gasteiger partial charge < -0.3 is 19.7 Å². The summed E-state index contributed by atoms with van der Waals surface area (Å²) < 4.78 is 53.7. The molecule has 0 fully saturated rings. The Balaban J connectivity index is 1.57. The average Bonchev–Trinajstić information content (AvgIpc) is 3.62. The van der Waals surface area contributed by atoms with Gasteiger partial charge in [-0.05, 0) is 74.5 Å². The van der Waals surface area contributed by atoms with E-state index in [0.717, 1.165) is 17.2 Å². The lowest BCUT2D eigenvalue weighted by Gasteiger charge is -2.38. The predicted octanol–water partition coefficient (Wildman–Crippen LogP) is 9.16. The first kappa shape index (κ1) is 37.1. The largest absolute Gasteiger partial charge is 0.444 e. The maximum atomic E-state index is 13.8. The number of thiophene rings is 1. The molecule has 0 saturated heterocycles. The van der Waals surface area contributed by atoms with Gasteiger partial charge in [0.1, 0.15) is 15.4 Å². The zero-order valence-electron chi connectivity index (χ0n) is 28.7. The number of fused-ring (bicyclic) bond motifs is 1. The quantitative estimate of drug-likeness (QED) is 0.0784. The van der Waals surface area contributed by atoms with Crippen LogP contribution in [0.4, 0.5) is 18.0 Å². The molecule has 8 nitrogen and oxygen atoms in total. The molecule has 4 rings (SSSR count). The Kier molecular flexibility index (Phi) is 10.9. The van der Waals surface area contributed by atoms with Crippen molar-refractivity contribution in [1.29, 1.82) is 0 Å². The number of nitrogens with zero attached hydrogens (tertiary/aromatic N) is 2. The van der Waals surface area contributed by atoms with Gasteiger partial charge in [-0.15, -0.1) is 11.3 Å². The van der Waals surface area contributed by atoms with E-state index in [1.165, 1.54) is 12.1 Å². The molecular formula is C35H44F3N3O5SSi. The van der Waals surface area contributed by atoms with Gasteiger partial charge >= 0.3 is 18.2 Å². The zero-order valence-corrected chi connectivity index (χ0v) is 30.5. The molecule has 1 atom stereocenters. The number of carbonyl (C=O) groups excluding carboxylic acids is 2. The van der Waals surface area contributed by atoms with Crippen molar-refractivity contribution in [2.75, 3.05) is 13.2 Å². The van der Waals surface area contributed by atoms with Crippen LogP contribution in [0.25, 0.3) is 11.1 Å². The number of amidine groups is 1. The van der Waals surface area contributed by atoms with E-state index in [1.807, 2.05) is 26.8 Å². The number of hydrogen-bond donors (Lipinski definition) is 1. The molecule has 1 aromatic heterocycles. The molecule has 1 heterocycles. The predicted molar refractivity (Wildman–Crippen MR) is 184 cm³/mol. The highest BCUT2D eigenvalue weighted by molar-refractivity contribution is 7.14. The molecule has 0 unspecified atom stereocenters. The monoisotopic (exact) mass is 703 g/mol. The Morgan fingerprint density at radius 1 is 1.02 bits per heavy atom. The fraction of sp³-hybridized carbons (Fsp3) is 0.457. The van der Waals surface area contributed by atoms with Gasteiger partial charge in [0.15, 0.2) is 14.2 Å². The molecule has 3 aromatic rings. The summed E-state index contributed by atoms with van der Waals surface area (Å²) in [5.41, 5.74) is 8.00. The number of halogens is 3. The van der Waals surface area contributed by atoms with E-state index in [4.69, 9.17) is 19.7 Å². The van der Waals surface area contributed by atoms with Crippen LogP contribution in [-0.2, 0) is 26.6 Å². The SMILES string of the molecule is CC(C)(C)OC(=O)N(CCO[Si](C)(C)C(C)(C)C)[C@@H]1CCc2c(/C(N)=N/OC(=O)c3cc(-c4ccccc4)c(C(F)(F)F)s3)cccc21. The first-order chi connectivity index (χ1) is 22.2. The summed E-state index contributed by atoms with van der Waals surface area (Å²) in [6, 6.07) is 14.3. The van der Waals surface area contributed by atoms with Crippen LogP contribution >= 0.6 is 11.3 Å². The fourth-order valence-corrected chi connectivity index (χ4v) is 7.18. The first-order valence-corrected chi connectivity index (χ1v) is 19.5. The number of amides is 1. The van der Waals surface area contributed by atoms with Crippen LogP contribution in [0.2, 0.25) is 18.1 Å². The Bertz CT molecular complexity index is 1660. The van der Waals surface area contributed by atoms with Crippen molar-refractivity contribution in [2.45, 2.75) is 90.3 Å². The molecule has 0 saturated carbocycles. The van der Waals surface area contributed by atoms with E-state index in [1.54, 1.807) is 35.2 Å². The van der Waals surface area contributed by atoms with Crippen molar-refractivity contribution in [1.82, 2.24) is 4.90 Å².